The van der Waals surface area contributed by atoms with Gasteiger partial charge in [-0.25, -0.2) is 8.42 Å². The second kappa shape index (κ2) is 8.77. The highest BCUT2D eigenvalue weighted by Gasteiger charge is 2.14. The van der Waals surface area contributed by atoms with E-state index in [1.807, 2.05) is 18.2 Å². The monoisotopic (exact) mass is 389 g/mol. The molecule has 0 spiro atoms. The van der Waals surface area contributed by atoms with Crippen molar-refractivity contribution in [2.24, 2.45) is 4.99 Å². The first kappa shape index (κ1) is 19.0. The minimum atomic E-state index is -3.25. The third-order valence-electron chi connectivity index (χ3n) is 4.11. The Morgan fingerprint density at radius 3 is 2.63 bits per heavy atom. The number of benzene rings is 2. The number of nitrogens with one attached hydrogen (secondary N) is 2. The normalized spacial score (nSPS) is 13.4. The molecule has 8 heteroatoms. The second-order valence-corrected chi connectivity index (χ2v) is 8.13. The fraction of sp³-hybridized carbons (Fsp3) is 0.316. The minimum Gasteiger partial charge on any atom is -0.454 e. The lowest BCUT2D eigenvalue weighted by atomic mass is 10.2. The number of fused-ring (bicyclic) bond motifs is 1. The molecular weight excluding hydrogens is 366 g/mol. The average Bonchev–Trinajstić information content (AvgIpc) is 3.16. The lowest BCUT2D eigenvalue weighted by Crippen LogP contribution is -2.37. The van der Waals surface area contributed by atoms with E-state index in [1.165, 1.54) is 0 Å². The van der Waals surface area contributed by atoms with Gasteiger partial charge in [-0.1, -0.05) is 24.3 Å². The smallest absolute Gasteiger partial charge is 0.231 e. The first-order valence-electron chi connectivity index (χ1n) is 8.69. The van der Waals surface area contributed by atoms with Crippen molar-refractivity contribution in [1.29, 1.82) is 0 Å². The summed E-state index contributed by atoms with van der Waals surface area (Å²) in [5.74, 6) is 2.19. The van der Waals surface area contributed by atoms with Gasteiger partial charge >= 0.3 is 0 Å². The van der Waals surface area contributed by atoms with Crippen LogP contribution in [-0.4, -0.2) is 40.5 Å². The minimum absolute atomic E-state index is 0.0865. The summed E-state index contributed by atoms with van der Waals surface area (Å²) in [5.41, 5.74) is 1.04. The number of ether oxygens (including phenoxy) is 2. The maximum absolute atomic E-state index is 12.3. The zero-order chi connectivity index (χ0) is 19.1. The van der Waals surface area contributed by atoms with Crippen LogP contribution in [0.25, 0.3) is 0 Å². The van der Waals surface area contributed by atoms with Crippen LogP contribution in [-0.2, 0) is 16.4 Å². The molecule has 2 N–H and O–H groups in total. The summed E-state index contributed by atoms with van der Waals surface area (Å²) in [6.07, 6.45) is 0.488. The highest BCUT2D eigenvalue weighted by atomic mass is 32.2. The van der Waals surface area contributed by atoms with Gasteiger partial charge in [0, 0.05) is 20.1 Å². The number of rotatable bonds is 7. The summed E-state index contributed by atoms with van der Waals surface area (Å²) in [6.45, 7) is 1.33. The Hall–Kier alpha value is -2.74. The maximum Gasteiger partial charge on any atom is 0.231 e. The zero-order valence-electron chi connectivity index (χ0n) is 15.1. The molecule has 0 aliphatic carbocycles. The van der Waals surface area contributed by atoms with Gasteiger partial charge in [-0.2, -0.15) is 0 Å². The van der Waals surface area contributed by atoms with Crippen LogP contribution in [0.1, 0.15) is 12.0 Å². The van der Waals surface area contributed by atoms with Crippen molar-refractivity contribution in [3.05, 3.63) is 54.1 Å². The summed E-state index contributed by atoms with van der Waals surface area (Å²) >= 11 is 0. The molecule has 0 aromatic heterocycles. The number of aliphatic imine (C=N–C) groups is 1. The summed E-state index contributed by atoms with van der Waals surface area (Å²) < 4.78 is 35.2. The van der Waals surface area contributed by atoms with E-state index in [2.05, 4.69) is 15.6 Å². The molecule has 1 aliphatic heterocycles. The van der Waals surface area contributed by atoms with Gasteiger partial charge < -0.3 is 20.1 Å². The molecule has 0 amide bonds. The highest BCUT2D eigenvalue weighted by molar-refractivity contribution is 7.91. The molecule has 0 saturated heterocycles. The first-order valence-corrected chi connectivity index (χ1v) is 10.3. The van der Waals surface area contributed by atoms with E-state index in [4.69, 9.17) is 9.47 Å². The lowest BCUT2D eigenvalue weighted by molar-refractivity contribution is 0.174. The number of hydrogen-bond donors (Lipinski definition) is 2. The summed E-state index contributed by atoms with van der Waals surface area (Å²) in [6, 6.07) is 14.3. The second-order valence-electron chi connectivity index (χ2n) is 6.03. The molecule has 0 atom stereocenters. The van der Waals surface area contributed by atoms with Gasteiger partial charge in [0.2, 0.25) is 6.79 Å². The first-order chi connectivity index (χ1) is 13.1. The van der Waals surface area contributed by atoms with Crippen molar-refractivity contribution in [3.63, 3.8) is 0 Å². The average molecular weight is 389 g/mol. The Morgan fingerprint density at radius 2 is 1.85 bits per heavy atom. The van der Waals surface area contributed by atoms with Crippen molar-refractivity contribution in [2.45, 2.75) is 17.9 Å². The molecule has 27 heavy (non-hydrogen) atoms. The van der Waals surface area contributed by atoms with Crippen LogP contribution in [0.5, 0.6) is 11.5 Å². The van der Waals surface area contributed by atoms with E-state index < -0.39 is 9.84 Å². The van der Waals surface area contributed by atoms with Crippen LogP contribution >= 0.6 is 0 Å². The molecule has 0 saturated carbocycles. The van der Waals surface area contributed by atoms with E-state index in [1.54, 1.807) is 37.4 Å². The predicted octanol–water partition coefficient (Wildman–Crippen LogP) is 1.94. The van der Waals surface area contributed by atoms with Crippen LogP contribution in [0.4, 0.5) is 0 Å². The van der Waals surface area contributed by atoms with Gasteiger partial charge in [-0.05, 0) is 36.2 Å². The van der Waals surface area contributed by atoms with Crippen molar-refractivity contribution in [3.8, 4) is 11.5 Å². The van der Waals surface area contributed by atoms with Crippen molar-refractivity contribution < 1.29 is 17.9 Å². The quantitative estimate of drug-likeness (QED) is 0.427. The maximum atomic E-state index is 12.3. The molecule has 1 aliphatic rings. The van der Waals surface area contributed by atoms with E-state index in [0.717, 1.165) is 17.1 Å². The molecule has 7 nitrogen and oxygen atoms in total. The summed E-state index contributed by atoms with van der Waals surface area (Å²) in [7, 11) is -1.58. The van der Waals surface area contributed by atoms with Crippen molar-refractivity contribution in [2.75, 3.05) is 26.1 Å². The Kier molecular flexibility index (Phi) is 6.18. The number of sulfone groups is 1. The third-order valence-corrected chi connectivity index (χ3v) is 5.92. The molecule has 0 bridgehead atoms. The van der Waals surface area contributed by atoms with Gasteiger partial charge in [0.05, 0.1) is 10.6 Å². The van der Waals surface area contributed by atoms with Gasteiger partial charge in [0.1, 0.15) is 0 Å². The van der Waals surface area contributed by atoms with Crippen LogP contribution < -0.4 is 20.1 Å². The predicted molar refractivity (Wildman–Crippen MR) is 104 cm³/mol. The Balaban J connectivity index is 1.43. The SMILES string of the molecule is CN=C(NCCCS(=O)(=O)c1ccccc1)NCc1ccc2c(c1)OCO2. The van der Waals surface area contributed by atoms with Crippen LogP contribution in [0.2, 0.25) is 0 Å². The molecule has 144 valence electrons. The Bertz CT molecular complexity index is 898. The Labute approximate surface area is 159 Å². The van der Waals surface area contributed by atoms with E-state index in [0.29, 0.717) is 30.4 Å². The fourth-order valence-electron chi connectivity index (χ4n) is 2.67. The third kappa shape index (κ3) is 5.13. The van der Waals surface area contributed by atoms with Gasteiger partial charge in [0.25, 0.3) is 0 Å². The Morgan fingerprint density at radius 1 is 1.07 bits per heavy atom. The van der Waals surface area contributed by atoms with Crippen molar-refractivity contribution >= 4 is 15.8 Å². The van der Waals surface area contributed by atoms with Crippen molar-refractivity contribution in [1.82, 2.24) is 10.6 Å². The van der Waals surface area contributed by atoms with Crippen LogP contribution in [0, 0.1) is 0 Å². The van der Waals surface area contributed by atoms with Crippen LogP contribution in [0.15, 0.2) is 58.4 Å². The molecule has 3 rings (SSSR count). The molecule has 2 aromatic rings. The van der Waals surface area contributed by atoms with Gasteiger partial charge in [0.15, 0.2) is 27.3 Å². The lowest BCUT2D eigenvalue weighted by Gasteiger charge is -2.12. The van der Waals surface area contributed by atoms with Gasteiger partial charge in [-0.15, -0.1) is 0 Å². The molecule has 0 unspecified atom stereocenters. The largest absolute Gasteiger partial charge is 0.454 e. The summed E-state index contributed by atoms with van der Waals surface area (Å²) in [4.78, 5) is 4.51. The highest BCUT2D eigenvalue weighted by Crippen LogP contribution is 2.32. The fourth-order valence-corrected chi connectivity index (χ4v) is 4.00. The summed E-state index contributed by atoms with van der Waals surface area (Å²) in [5, 5.41) is 6.33. The molecule has 0 fully saturated rings. The number of hydrogen-bond acceptors (Lipinski definition) is 5. The van der Waals surface area contributed by atoms with Crippen LogP contribution in [0.3, 0.4) is 0 Å². The van der Waals surface area contributed by atoms with E-state index in [-0.39, 0.29) is 12.5 Å². The van der Waals surface area contributed by atoms with E-state index in [9.17, 15) is 8.42 Å². The van der Waals surface area contributed by atoms with E-state index >= 15 is 0 Å². The molecule has 0 radical (unpaired) electrons. The number of nitrogens with zero attached hydrogens (tertiary/aromatic N) is 1. The molecule has 1 heterocycles. The number of guanidine groups is 1. The van der Waals surface area contributed by atoms with Gasteiger partial charge in [-0.3, -0.25) is 4.99 Å². The standard InChI is InChI=1S/C19H23N3O4S/c1-20-19(22-13-15-8-9-17-18(12-15)26-14-25-17)21-10-5-11-27(23,24)16-6-3-2-4-7-16/h2-4,6-9,12H,5,10-11,13-14H2,1H3,(H2,20,21,22). The molecular formula is C19H23N3O4S. The zero-order valence-corrected chi connectivity index (χ0v) is 16.0. The topological polar surface area (TPSA) is 89.0 Å². The molecule has 2 aromatic carbocycles.